The maximum absolute atomic E-state index is 5.27. The molecule has 0 aliphatic carbocycles. The highest BCUT2D eigenvalue weighted by atomic mass is 79.9. The van der Waals surface area contributed by atoms with Crippen molar-refractivity contribution in [2.75, 3.05) is 24.3 Å². The van der Waals surface area contributed by atoms with Gasteiger partial charge in [0.05, 0.1) is 7.11 Å². The van der Waals surface area contributed by atoms with Gasteiger partial charge >= 0.3 is 0 Å². The predicted octanol–water partition coefficient (Wildman–Crippen LogP) is 4.04. The molecule has 112 valence electrons. The van der Waals surface area contributed by atoms with Crippen molar-refractivity contribution in [3.8, 4) is 5.75 Å². The van der Waals surface area contributed by atoms with Gasteiger partial charge in [-0.25, -0.2) is 9.97 Å². The lowest BCUT2D eigenvalue weighted by Crippen LogP contribution is -2.07. The molecule has 2 N–H and O–H groups in total. The molecule has 0 saturated heterocycles. The molecule has 0 unspecified atom stereocenters. The van der Waals surface area contributed by atoms with E-state index in [0.29, 0.717) is 0 Å². The van der Waals surface area contributed by atoms with Gasteiger partial charge in [0.2, 0.25) is 0 Å². The first-order valence-corrected chi connectivity index (χ1v) is 7.53. The van der Waals surface area contributed by atoms with Gasteiger partial charge in [-0.3, -0.25) is 0 Å². The Labute approximate surface area is 133 Å². The van der Waals surface area contributed by atoms with E-state index >= 15 is 0 Å². The summed E-state index contributed by atoms with van der Waals surface area (Å²) in [6, 6.07) is 5.81. The normalized spacial score (nSPS) is 10.3. The molecule has 1 heterocycles. The first-order valence-electron chi connectivity index (χ1n) is 6.74. The number of rotatable bonds is 5. The van der Waals surface area contributed by atoms with Crippen molar-refractivity contribution >= 4 is 33.3 Å². The molecule has 0 fully saturated rings. The Morgan fingerprint density at radius 3 is 2.52 bits per heavy atom. The highest BCUT2D eigenvalue weighted by Gasteiger charge is 2.09. The molecule has 0 radical (unpaired) electrons. The summed E-state index contributed by atoms with van der Waals surface area (Å²) in [4.78, 5) is 8.90. The van der Waals surface area contributed by atoms with Gasteiger partial charge in [0.25, 0.3) is 0 Å². The van der Waals surface area contributed by atoms with Crippen LogP contribution in [0.1, 0.15) is 18.3 Å². The summed E-state index contributed by atoms with van der Waals surface area (Å²) in [5.74, 6) is 3.15. The van der Waals surface area contributed by atoms with Crippen LogP contribution < -0.4 is 15.4 Å². The van der Waals surface area contributed by atoms with Gasteiger partial charge in [-0.2, -0.15) is 0 Å². The van der Waals surface area contributed by atoms with E-state index in [9.17, 15) is 0 Å². The lowest BCUT2D eigenvalue weighted by molar-refractivity contribution is 0.415. The van der Waals surface area contributed by atoms with Gasteiger partial charge in [-0.1, -0.05) is 15.9 Å². The fourth-order valence-electron chi connectivity index (χ4n) is 1.98. The first-order chi connectivity index (χ1) is 10.0. The van der Waals surface area contributed by atoms with Crippen molar-refractivity contribution in [2.45, 2.75) is 20.8 Å². The first kappa shape index (κ1) is 15.6. The minimum atomic E-state index is 0.723. The van der Waals surface area contributed by atoms with Crippen LogP contribution in [0.15, 0.2) is 22.7 Å². The summed E-state index contributed by atoms with van der Waals surface area (Å²) in [5, 5.41) is 6.58. The SMILES string of the molecule is CCNc1nc(C)nc(Nc2cc(Br)cc(OC)c2)c1C. The Bertz CT molecular complexity index is 646. The van der Waals surface area contributed by atoms with E-state index in [0.717, 1.165) is 45.5 Å². The average Bonchev–Trinajstić information content (AvgIpc) is 2.43. The fourth-order valence-corrected chi connectivity index (χ4v) is 2.45. The van der Waals surface area contributed by atoms with Crippen molar-refractivity contribution in [1.29, 1.82) is 0 Å². The topological polar surface area (TPSA) is 59.1 Å². The van der Waals surface area contributed by atoms with E-state index in [-0.39, 0.29) is 0 Å². The minimum absolute atomic E-state index is 0.723. The number of nitrogens with one attached hydrogen (secondary N) is 2. The fraction of sp³-hybridized carbons (Fsp3) is 0.333. The van der Waals surface area contributed by atoms with Gasteiger partial charge in [0.1, 0.15) is 23.2 Å². The van der Waals surface area contributed by atoms with E-state index < -0.39 is 0 Å². The number of aryl methyl sites for hydroxylation is 1. The summed E-state index contributed by atoms with van der Waals surface area (Å²) in [7, 11) is 1.65. The molecule has 0 saturated carbocycles. The van der Waals surface area contributed by atoms with Crippen molar-refractivity contribution in [3.63, 3.8) is 0 Å². The van der Waals surface area contributed by atoms with Gasteiger partial charge in [0, 0.05) is 28.3 Å². The van der Waals surface area contributed by atoms with Crippen LogP contribution >= 0.6 is 15.9 Å². The van der Waals surface area contributed by atoms with Crippen molar-refractivity contribution < 1.29 is 4.74 Å². The van der Waals surface area contributed by atoms with Crippen LogP contribution in [0.25, 0.3) is 0 Å². The number of benzene rings is 1. The second-order valence-electron chi connectivity index (χ2n) is 4.63. The van der Waals surface area contributed by atoms with Gasteiger partial charge in [-0.05, 0) is 32.9 Å². The molecule has 0 spiro atoms. The molecule has 21 heavy (non-hydrogen) atoms. The highest BCUT2D eigenvalue weighted by Crippen LogP contribution is 2.28. The number of hydrogen-bond acceptors (Lipinski definition) is 5. The van der Waals surface area contributed by atoms with E-state index in [1.165, 1.54) is 0 Å². The molecule has 0 aliphatic rings. The Kier molecular flexibility index (Phi) is 5.01. The zero-order valence-electron chi connectivity index (χ0n) is 12.6. The van der Waals surface area contributed by atoms with Crippen LogP contribution in [-0.4, -0.2) is 23.6 Å². The molecular formula is C15H19BrN4O. The van der Waals surface area contributed by atoms with Crippen LogP contribution in [0.4, 0.5) is 17.3 Å². The molecule has 1 aromatic heterocycles. The Balaban J connectivity index is 2.37. The Morgan fingerprint density at radius 2 is 1.86 bits per heavy atom. The summed E-state index contributed by atoms with van der Waals surface area (Å²) in [6.07, 6.45) is 0. The second kappa shape index (κ2) is 6.76. The second-order valence-corrected chi connectivity index (χ2v) is 5.54. The van der Waals surface area contributed by atoms with Crippen LogP contribution in [0, 0.1) is 13.8 Å². The molecule has 0 atom stereocenters. The zero-order valence-corrected chi connectivity index (χ0v) is 14.2. The van der Waals surface area contributed by atoms with Gasteiger partial charge in [0.15, 0.2) is 0 Å². The van der Waals surface area contributed by atoms with E-state index in [4.69, 9.17) is 4.74 Å². The molecule has 0 aliphatic heterocycles. The third-order valence-electron chi connectivity index (χ3n) is 2.97. The third kappa shape index (κ3) is 3.85. The van der Waals surface area contributed by atoms with Crippen LogP contribution in [0.2, 0.25) is 0 Å². The predicted molar refractivity (Wildman–Crippen MR) is 89.6 cm³/mol. The summed E-state index contributed by atoms with van der Waals surface area (Å²) >= 11 is 3.47. The molecule has 0 amide bonds. The standard InChI is InChI=1S/C15H19BrN4O/c1-5-17-14-9(2)15(19-10(3)18-14)20-12-6-11(16)7-13(8-12)21-4/h6-8H,5H2,1-4H3,(H2,17,18,19,20). The molecule has 5 nitrogen and oxygen atoms in total. The van der Waals surface area contributed by atoms with Crippen LogP contribution in [-0.2, 0) is 0 Å². The summed E-state index contributed by atoms with van der Waals surface area (Å²) in [6.45, 7) is 6.74. The maximum Gasteiger partial charge on any atom is 0.139 e. The monoisotopic (exact) mass is 350 g/mol. The molecular weight excluding hydrogens is 332 g/mol. The number of ether oxygens (including phenoxy) is 1. The smallest absolute Gasteiger partial charge is 0.139 e. The van der Waals surface area contributed by atoms with Gasteiger partial charge < -0.3 is 15.4 Å². The molecule has 2 rings (SSSR count). The third-order valence-corrected chi connectivity index (χ3v) is 3.43. The number of nitrogens with zero attached hydrogens (tertiary/aromatic N) is 2. The summed E-state index contributed by atoms with van der Waals surface area (Å²) < 4.78 is 6.22. The molecule has 2 aromatic rings. The lowest BCUT2D eigenvalue weighted by Gasteiger charge is -2.14. The highest BCUT2D eigenvalue weighted by molar-refractivity contribution is 9.10. The van der Waals surface area contributed by atoms with Crippen LogP contribution in [0.3, 0.4) is 0 Å². The minimum Gasteiger partial charge on any atom is -0.497 e. The molecule has 1 aromatic carbocycles. The van der Waals surface area contributed by atoms with Gasteiger partial charge in [-0.15, -0.1) is 0 Å². The van der Waals surface area contributed by atoms with Crippen molar-refractivity contribution in [2.24, 2.45) is 0 Å². The van der Waals surface area contributed by atoms with E-state index in [2.05, 4.69) is 36.5 Å². The summed E-state index contributed by atoms with van der Waals surface area (Å²) in [5.41, 5.74) is 1.89. The average molecular weight is 351 g/mol. The molecule has 6 heteroatoms. The number of halogens is 1. The molecule has 0 bridgehead atoms. The quantitative estimate of drug-likeness (QED) is 0.851. The van der Waals surface area contributed by atoms with E-state index in [1.807, 2.05) is 39.0 Å². The number of aromatic nitrogens is 2. The zero-order chi connectivity index (χ0) is 15.4. The number of anilines is 3. The number of hydrogen-bond donors (Lipinski definition) is 2. The largest absolute Gasteiger partial charge is 0.497 e. The maximum atomic E-state index is 5.27. The van der Waals surface area contributed by atoms with Crippen LogP contribution in [0.5, 0.6) is 5.75 Å². The Hall–Kier alpha value is -1.82. The van der Waals surface area contributed by atoms with Crippen molar-refractivity contribution in [3.05, 3.63) is 34.1 Å². The number of methoxy groups -OCH3 is 1. The Morgan fingerprint density at radius 1 is 1.14 bits per heavy atom. The van der Waals surface area contributed by atoms with E-state index in [1.54, 1.807) is 7.11 Å². The van der Waals surface area contributed by atoms with Crippen molar-refractivity contribution in [1.82, 2.24) is 9.97 Å². The lowest BCUT2D eigenvalue weighted by atomic mass is 10.2.